The first-order valence-electron chi connectivity index (χ1n) is 10.3. The number of carbonyl (C=O) groups excluding carboxylic acids is 2. The van der Waals surface area contributed by atoms with E-state index in [0.717, 1.165) is 12.8 Å². The van der Waals surface area contributed by atoms with Gasteiger partial charge in [-0.1, -0.05) is 19.3 Å². The van der Waals surface area contributed by atoms with E-state index < -0.39 is 0 Å². The van der Waals surface area contributed by atoms with Crippen LogP contribution in [0.4, 0.5) is 0 Å². The Kier molecular flexibility index (Phi) is 9.86. The number of hydrogen-bond donors (Lipinski definition) is 3. The highest BCUT2D eigenvalue weighted by molar-refractivity contribution is 5.97. The summed E-state index contributed by atoms with van der Waals surface area (Å²) in [7, 11) is 0. The average molecular weight is 427 g/mol. The third kappa shape index (κ3) is 6.57. The Hall–Kier alpha value is -1.86. The second-order valence-corrected chi connectivity index (χ2v) is 8.15. The minimum absolute atomic E-state index is 0. The average Bonchev–Trinajstić information content (AvgIpc) is 2.63. The molecule has 0 spiro atoms. The molecule has 0 radical (unpaired) electrons. The molecule has 0 bridgehead atoms. The molecule has 1 atom stereocenters. The van der Waals surface area contributed by atoms with Gasteiger partial charge in [0.1, 0.15) is 6.54 Å². The number of halogens is 1. The maximum atomic E-state index is 13.0. The Morgan fingerprint density at radius 1 is 1.17 bits per heavy atom. The molecule has 29 heavy (non-hydrogen) atoms. The van der Waals surface area contributed by atoms with Gasteiger partial charge in [-0.2, -0.15) is 0 Å². The molecule has 8 heteroatoms. The molecule has 1 aromatic heterocycles. The molecular formula is C21H35ClN4O3. The van der Waals surface area contributed by atoms with Crippen LogP contribution in [0, 0.1) is 19.8 Å². The van der Waals surface area contributed by atoms with Crippen molar-refractivity contribution in [1.82, 2.24) is 15.2 Å². The molecule has 1 aliphatic carbocycles. The Bertz CT molecular complexity index is 770. The van der Waals surface area contributed by atoms with Crippen LogP contribution in [0.2, 0.25) is 0 Å². The van der Waals surface area contributed by atoms with Crippen molar-refractivity contribution in [2.75, 3.05) is 6.54 Å². The molecule has 7 nitrogen and oxygen atoms in total. The van der Waals surface area contributed by atoms with E-state index in [0.29, 0.717) is 29.3 Å². The van der Waals surface area contributed by atoms with Crippen LogP contribution in [0.15, 0.2) is 10.9 Å². The summed E-state index contributed by atoms with van der Waals surface area (Å²) in [5.74, 6) is -0.0856. The van der Waals surface area contributed by atoms with E-state index in [-0.39, 0.29) is 48.4 Å². The molecular weight excluding hydrogens is 392 g/mol. The van der Waals surface area contributed by atoms with E-state index in [9.17, 15) is 14.4 Å². The molecule has 2 amide bonds. The number of hydrogen-bond acceptors (Lipinski definition) is 4. The lowest BCUT2D eigenvalue weighted by atomic mass is 9.83. The Morgan fingerprint density at radius 3 is 2.34 bits per heavy atom. The molecule has 4 N–H and O–H groups in total. The lowest BCUT2D eigenvalue weighted by Crippen LogP contribution is -2.46. The van der Waals surface area contributed by atoms with Crippen LogP contribution in [0.1, 0.15) is 67.6 Å². The topological polar surface area (TPSA) is 106 Å². The number of nitrogens with one attached hydrogen (secondary N) is 2. The van der Waals surface area contributed by atoms with Gasteiger partial charge in [0.15, 0.2) is 0 Å². The maximum Gasteiger partial charge on any atom is 0.253 e. The van der Waals surface area contributed by atoms with Crippen molar-refractivity contribution in [3.8, 4) is 0 Å². The molecule has 164 valence electrons. The van der Waals surface area contributed by atoms with Crippen LogP contribution in [-0.4, -0.2) is 35.0 Å². The summed E-state index contributed by atoms with van der Waals surface area (Å²) in [6.07, 6.45) is 5.74. The van der Waals surface area contributed by atoms with E-state index in [4.69, 9.17) is 5.73 Å². The van der Waals surface area contributed by atoms with Gasteiger partial charge in [0.25, 0.3) is 11.5 Å². The summed E-state index contributed by atoms with van der Waals surface area (Å²) in [4.78, 5) is 37.6. The number of carbonyl (C=O) groups is 2. The number of rotatable bonds is 7. The van der Waals surface area contributed by atoms with Crippen molar-refractivity contribution >= 4 is 24.2 Å². The molecule has 1 aliphatic rings. The minimum Gasteiger partial charge on any atom is -0.352 e. The third-order valence-electron chi connectivity index (χ3n) is 5.53. The van der Waals surface area contributed by atoms with Crippen LogP contribution in [0.3, 0.4) is 0 Å². The van der Waals surface area contributed by atoms with Gasteiger partial charge in [-0.15, -0.1) is 12.4 Å². The lowest BCUT2D eigenvalue weighted by molar-refractivity contribution is -0.122. The van der Waals surface area contributed by atoms with Gasteiger partial charge in [0, 0.05) is 30.4 Å². The number of aromatic nitrogens is 1. The number of nitrogens with zero attached hydrogens (tertiary/aromatic N) is 1. The first-order valence-corrected chi connectivity index (χ1v) is 10.3. The van der Waals surface area contributed by atoms with E-state index in [1.807, 2.05) is 13.8 Å². The van der Waals surface area contributed by atoms with Gasteiger partial charge in [0.05, 0.1) is 5.56 Å². The van der Waals surface area contributed by atoms with Crippen molar-refractivity contribution < 1.29 is 9.59 Å². The number of amides is 2. The summed E-state index contributed by atoms with van der Waals surface area (Å²) < 4.78 is 1.36. The van der Waals surface area contributed by atoms with Gasteiger partial charge < -0.3 is 20.9 Å². The highest BCUT2D eigenvalue weighted by Gasteiger charge is 2.26. The van der Waals surface area contributed by atoms with Gasteiger partial charge in [-0.05, 0) is 52.0 Å². The second kappa shape index (κ2) is 11.4. The van der Waals surface area contributed by atoms with E-state index in [1.165, 1.54) is 29.9 Å². The van der Waals surface area contributed by atoms with Crippen LogP contribution < -0.4 is 21.9 Å². The monoisotopic (exact) mass is 426 g/mol. The smallest absolute Gasteiger partial charge is 0.253 e. The zero-order valence-corrected chi connectivity index (χ0v) is 18.7. The SMILES string of the molecule is Cc1cc(=O)n(CC(=O)NC(C)C)c(C)c1C(=O)NC(CN)C1CCCCC1.Cl. The molecule has 1 heterocycles. The van der Waals surface area contributed by atoms with Crippen LogP contribution in [-0.2, 0) is 11.3 Å². The molecule has 1 unspecified atom stereocenters. The quantitative estimate of drug-likeness (QED) is 0.620. The maximum absolute atomic E-state index is 13.0. The highest BCUT2D eigenvalue weighted by Crippen LogP contribution is 2.26. The van der Waals surface area contributed by atoms with E-state index in [2.05, 4.69) is 10.6 Å². The largest absolute Gasteiger partial charge is 0.352 e. The molecule has 1 fully saturated rings. The van der Waals surface area contributed by atoms with Crippen LogP contribution in [0.5, 0.6) is 0 Å². The summed E-state index contributed by atoms with van der Waals surface area (Å²) >= 11 is 0. The van der Waals surface area contributed by atoms with Crippen molar-refractivity contribution in [2.45, 2.75) is 78.4 Å². The molecule has 0 saturated heterocycles. The first kappa shape index (κ1) is 25.2. The van der Waals surface area contributed by atoms with Gasteiger partial charge >= 0.3 is 0 Å². The zero-order valence-electron chi connectivity index (χ0n) is 17.9. The van der Waals surface area contributed by atoms with E-state index >= 15 is 0 Å². The minimum atomic E-state index is -0.284. The Balaban J connectivity index is 0.00000420. The van der Waals surface area contributed by atoms with Gasteiger partial charge in [-0.25, -0.2) is 0 Å². The lowest BCUT2D eigenvalue weighted by Gasteiger charge is -2.30. The number of pyridine rings is 1. The van der Waals surface area contributed by atoms with Crippen molar-refractivity contribution in [1.29, 1.82) is 0 Å². The fourth-order valence-electron chi connectivity index (χ4n) is 4.12. The zero-order chi connectivity index (χ0) is 20.8. The Labute approximate surface area is 179 Å². The summed E-state index contributed by atoms with van der Waals surface area (Å²) in [6.45, 7) is 7.47. The molecule has 1 saturated carbocycles. The molecule has 0 aliphatic heterocycles. The normalized spacial score (nSPS) is 15.5. The first-order chi connectivity index (χ1) is 13.2. The van der Waals surface area contributed by atoms with Crippen LogP contribution >= 0.6 is 12.4 Å². The fraction of sp³-hybridized carbons (Fsp3) is 0.667. The number of aryl methyl sites for hydroxylation is 1. The fourth-order valence-corrected chi connectivity index (χ4v) is 4.12. The molecule has 0 aromatic carbocycles. The number of nitrogens with two attached hydrogens (primary N) is 1. The summed E-state index contributed by atoms with van der Waals surface area (Å²) in [6, 6.07) is 1.33. The van der Waals surface area contributed by atoms with Crippen LogP contribution in [0.25, 0.3) is 0 Å². The van der Waals surface area contributed by atoms with Gasteiger partial charge in [-0.3, -0.25) is 14.4 Å². The van der Waals surface area contributed by atoms with Gasteiger partial charge in [0.2, 0.25) is 5.91 Å². The molecule has 2 rings (SSSR count). The summed E-state index contributed by atoms with van der Waals surface area (Å²) in [5.41, 5.74) is 7.23. The predicted octanol–water partition coefficient (Wildman–Crippen LogP) is 2.05. The Morgan fingerprint density at radius 2 is 1.79 bits per heavy atom. The van der Waals surface area contributed by atoms with Crippen molar-refractivity contribution in [3.63, 3.8) is 0 Å². The van der Waals surface area contributed by atoms with Crippen molar-refractivity contribution in [3.05, 3.63) is 33.2 Å². The second-order valence-electron chi connectivity index (χ2n) is 8.15. The third-order valence-corrected chi connectivity index (χ3v) is 5.53. The standard InChI is InChI=1S/C21H34N4O3.ClH/c1-13(2)23-18(26)12-25-15(4)20(14(3)10-19(25)27)21(28)24-17(11-22)16-8-6-5-7-9-16;/h10,13,16-17H,5-9,11-12,22H2,1-4H3,(H,23,26)(H,24,28);1H. The van der Waals surface area contributed by atoms with E-state index in [1.54, 1.807) is 13.8 Å². The molecule has 1 aromatic rings. The van der Waals surface area contributed by atoms with Crippen molar-refractivity contribution in [2.24, 2.45) is 11.7 Å². The highest BCUT2D eigenvalue weighted by atomic mass is 35.5. The summed E-state index contributed by atoms with van der Waals surface area (Å²) in [5, 5.41) is 5.86. The predicted molar refractivity (Wildman–Crippen MR) is 118 cm³/mol.